The molecule has 1 aliphatic carbocycles. The molecule has 0 spiro atoms. The lowest BCUT2D eigenvalue weighted by Gasteiger charge is -2.36. The van der Waals surface area contributed by atoms with Crippen molar-refractivity contribution in [3.8, 4) is 0 Å². The standard InChI is InChI=1S/C14H18Br3NO2S/c1-10-7-12(17)13(8-11(10)16)21(19,20)18-14(9-15)5-3-2-4-6-14/h7-8,18H,2-6,9H2,1H3. The van der Waals surface area contributed by atoms with Crippen molar-refractivity contribution in [1.82, 2.24) is 4.72 Å². The summed E-state index contributed by atoms with van der Waals surface area (Å²) in [6.45, 7) is 1.93. The van der Waals surface area contributed by atoms with Crippen LogP contribution in [0.4, 0.5) is 0 Å². The summed E-state index contributed by atoms with van der Waals surface area (Å²) in [5.74, 6) is 0. The molecule has 1 aromatic rings. The first kappa shape index (κ1) is 17.9. The van der Waals surface area contributed by atoms with Gasteiger partial charge in [0.25, 0.3) is 0 Å². The van der Waals surface area contributed by atoms with Crippen molar-refractivity contribution in [3.05, 3.63) is 26.6 Å². The van der Waals surface area contributed by atoms with Gasteiger partial charge >= 0.3 is 0 Å². The Bertz CT molecular complexity index is 625. The third-order valence-electron chi connectivity index (χ3n) is 3.92. The number of benzene rings is 1. The zero-order valence-corrected chi connectivity index (χ0v) is 17.3. The van der Waals surface area contributed by atoms with Crippen LogP contribution in [0.25, 0.3) is 0 Å². The van der Waals surface area contributed by atoms with E-state index in [4.69, 9.17) is 0 Å². The second-order valence-corrected chi connectivity index (χ2v) is 9.53. The average molecular weight is 504 g/mol. The molecule has 2 rings (SSSR count). The van der Waals surface area contributed by atoms with E-state index in [0.717, 1.165) is 35.7 Å². The Balaban J connectivity index is 2.36. The summed E-state index contributed by atoms with van der Waals surface area (Å²) in [7, 11) is -3.56. The molecule has 7 heteroatoms. The molecule has 1 aromatic carbocycles. The Morgan fingerprint density at radius 3 is 2.33 bits per heavy atom. The van der Waals surface area contributed by atoms with Gasteiger partial charge in [0, 0.05) is 19.8 Å². The largest absolute Gasteiger partial charge is 0.242 e. The van der Waals surface area contributed by atoms with E-state index >= 15 is 0 Å². The van der Waals surface area contributed by atoms with Crippen LogP contribution in [0.1, 0.15) is 37.7 Å². The monoisotopic (exact) mass is 501 g/mol. The van der Waals surface area contributed by atoms with Crippen molar-refractivity contribution in [3.63, 3.8) is 0 Å². The van der Waals surface area contributed by atoms with Crippen LogP contribution in [0.3, 0.4) is 0 Å². The molecule has 1 fully saturated rings. The van der Waals surface area contributed by atoms with Gasteiger partial charge in [-0.3, -0.25) is 0 Å². The van der Waals surface area contributed by atoms with Crippen molar-refractivity contribution in [1.29, 1.82) is 0 Å². The summed E-state index contributed by atoms with van der Waals surface area (Å²) < 4.78 is 29.9. The maximum absolute atomic E-state index is 12.8. The van der Waals surface area contributed by atoms with Gasteiger partial charge in [-0.05, 0) is 53.4 Å². The van der Waals surface area contributed by atoms with Gasteiger partial charge in [-0.15, -0.1) is 0 Å². The fourth-order valence-corrected chi connectivity index (χ4v) is 6.69. The molecule has 1 N–H and O–H groups in total. The van der Waals surface area contributed by atoms with Crippen LogP contribution >= 0.6 is 47.8 Å². The zero-order valence-electron chi connectivity index (χ0n) is 11.8. The van der Waals surface area contributed by atoms with Crippen molar-refractivity contribution in [2.45, 2.75) is 49.5 Å². The van der Waals surface area contributed by atoms with Crippen LogP contribution in [0.15, 0.2) is 26.0 Å². The van der Waals surface area contributed by atoms with Crippen molar-refractivity contribution >= 4 is 57.8 Å². The lowest BCUT2D eigenvalue weighted by atomic mass is 9.84. The number of hydrogen-bond donors (Lipinski definition) is 1. The molecule has 3 nitrogen and oxygen atoms in total. The van der Waals surface area contributed by atoms with Crippen LogP contribution in [-0.4, -0.2) is 19.3 Å². The van der Waals surface area contributed by atoms with E-state index in [1.54, 1.807) is 6.07 Å². The third-order valence-corrected chi connectivity index (χ3v) is 8.38. The highest BCUT2D eigenvalue weighted by Gasteiger charge is 2.36. The minimum absolute atomic E-state index is 0.283. The summed E-state index contributed by atoms with van der Waals surface area (Å²) in [4.78, 5) is 0.283. The third kappa shape index (κ3) is 4.10. The van der Waals surface area contributed by atoms with E-state index in [1.165, 1.54) is 6.42 Å². The van der Waals surface area contributed by atoms with Gasteiger partial charge in [-0.1, -0.05) is 51.1 Å². The van der Waals surface area contributed by atoms with Crippen LogP contribution in [-0.2, 0) is 10.0 Å². The van der Waals surface area contributed by atoms with Crippen molar-refractivity contribution in [2.75, 3.05) is 5.33 Å². The summed E-state index contributed by atoms with van der Waals surface area (Å²) in [5.41, 5.74) is 0.627. The predicted molar refractivity (Wildman–Crippen MR) is 96.5 cm³/mol. The molecule has 0 heterocycles. The average Bonchev–Trinajstić information content (AvgIpc) is 2.43. The minimum atomic E-state index is -3.56. The molecule has 21 heavy (non-hydrogen) atoms. The Kier molecular flexibility index (Phi) is 5.96. The highest BCUT2D eigenvalue weighted by molar-refractivity contribution is 9.11. The fraction of sp³-hybridized carbons (Fsp3) is 0.571. The van der Waals surface area contributed by atoms with Crippen LogP contribution in [0.2, 0.25) is 0 Å². The molecule has 1 aliphatic rings. The van der Waals surface area contributed by atoms with Crippen molar-refractivity contribution < 1.29 is 8.42 Å². The molecule has 0 atom stereocenters. The number of aryl methyl sites for hydroxylation is 1. The number of alkyl halides is 1. The van der Waals surface area contributed by atoms with E-state index in [2.05, 4.69) is 52.5 Å². The smallest absolute Gasteiger partial charge is 0.207 e. The van der Waals surface area contributed by atoms with E-state index in [-0.39, 0.29) is 10.4 Å². The number of halogens is 3. The molecule has 0 bridgehead atoms. The van der Waals surface area contributed by atoms with Gasteiger partial charge in [0.1, 0.15) is 0 Å². The van der Waals surface area contributed by atoms with Gasteiger partial charge in [-0.25, -0.2) is 13.1 Å². The summed E-state index contributed by atoms with van der Waals surface area (Å²) in [5, 5.41) is 0.643. The van der Waals surface area contributed by atoms with E-state index in [0.29, 0.717) is 9.80 Å². The van der Waals surface area contributed by atoms with Gasteiger partial charge in [-0.2, -0.15) is 0 Å². The first-order chi connectivity index (χ1) is 9.80. The number of nitrogens with one attached hydrogen (secondary N) is 1. The number of sulfonamides is 1. The van der Waals surface area contributed by atoms with E-state index in [1.807, 2.05) is 13.0 Å². The number of hydrogen-bond acceptors (Lipinski definition) is 2. The first-order valence-corrected chi connectivity index (χ1v) is 11.0. The molecular formula is C14H18Br3NO2S. The second-order valence-electron chi connectivity index (χ2n) is 5.61. The fourth-order valence-electron chi connectivity index (χ4n) is 2.67. The van der Waals surface area contributed by atoms with Crippen LogP contribution in [0.5, 0.6) is 0 Å². The lowest BCUT2D eigenvalue weighted by Crippen LogP contribution is -2.51. The van der Waals surface area contributed by atoms with E-state index < -0.39 is 10.0 Å². The van der Waals surface area contributed by atoms with Gasteiger partial charge < -0.3 is 0 Å². The molecule has 1 saturated carbocycles. The summed E-state index contributed by atoms with van der Waals surface area (Å²) in [6, 6.07) is 3.48. The van der Waals surface area contributed by atoms with Gasteiger partial charge in [0.05, 0.1) is 4.90 Å². The lowest BCUT2D eigenvalue weighted by molar-refractivity contribution is 0.301. The Morgan fingerprint density at radius 1 is 1.14 bits per heavy atom. The topological polar surface area (TPSA) is 46.2 Å². The Morgan fingerprint density at radius 2 is 1.76 bits per heavy atom. The maximum Gasteiger partial charge on any atom is 0.242 e. The highest BCUT2D eigenvalue weighted by atomic mass is 79.9. The second kappa shape index (κ2) is 6.99. The van der Waals surface area contributed by atoms with Crippen molar-refractivity contribution in [2.24, 2.45) is 0 Å². The maximum atomic E-state index is 12.8. The zero-order chi connectivity index (χ0) is 15.7. The predicted octanol–water partition coefficient (Wildman–Crippen LogP) is 4.90. The quantitative estimate of drug-likeness (QED) is 0.594. The molecule has 0 unspecified atom stereocenters. The normalized spacial score (nSPS) is 18.7. The molecule has 0 radical (unpaired) electrons. The first-order valence-electron chi connectivity index (χ1n) is 6.85. The summed E-state index contributed by atoms with van der Waals surface area (Å²) in [6.07, 6.45) is 5.06. The molecule has 0 amide bonds. The molecular weight excluding hydrogens is 486 g/mol. The summed E-state index contributed by atoms with van der Waals surface area (Å²) >= 11 is 10.3. The van der Waals surface area contributed by atoms with E-state index in [9.17, 15) is 8.42 Å². The number of rotatable bonds is 4. The molecule has 0 aromatic heterocycles. The molecule has 0 saturated heterocycles. The van der Waals surface area contributed by atoms with Gasteiger partial charge in [0.2, 0.25) is 10.0 Å². The molecule has 118 valence electrons. The van der Waals surface area contributed by atoms with Crippen LogP contribution in [0, 0.1) is 6.92 Å². The Labute approximate surface area is 151 Å². The minimum Gasteiger partial charge on any atom is -0.207 e. The molecule has 0 aliphatic heterocycles. The highest BCUT2D eigenvalue weighted by Crippen LogP contribution is 2.34. The van der Waals surface area contributed by atoms with Crippen LogP contribution < -0.4 is 4.72 Å². The SMILES string of the molecule is Cc1cc(Br)c(S(=O)(=O)NC2(CBr)CCCCC2)cc1Br. The van der Waals surface area contributed by atoms with Gasteiger partial charge in [0.15, 0.2) is 0 Å². The Hall–Kier alpha value is 0.570.